The maximum Gasteiger partial charge on any atom is 0.326 e. The number of carbonyl (C=O) groups is 2. The van der Waals surface area contributed by atoms with Gasteiger partial charge in [-0.25, -0.2) is 13.6 Å². The molecule has 6 nitrogen and oxygen atoms in total. The van der Waals surface area contributed by atoms with Crippen molar-refractivity contribution in [2.24, 2.45) is 0 Å². The molecule has 0 saturated carbocycles. The highest BCUT2D eigenvalue weighted by Crippen LogP contribution is 2.41. The van der Waals surface area contributed by atoms with E-state index in [0.717, 1.165) is 0 Å². The molecule has 2 aliphatic rings. The van der Waals surface area contributed by atoms with Crippen LogP contribution in [0.3, 0.4) is 0 Å². The van der Waals surface area contributed by atoms with E-state index >= 15 is 0 Å². The monoisotopic (exact) mass is 489 g/mol. The van der Waals surface area contributed by atoms with Crippen LogP contribution in [0, 0.1) is 11.6 Å². The number of halogens is 4. The Morgan fingerprint density at radius 1 is 1.06 bits per heavy atom. The molecule has 0 aromatic heterocycles. The van der Waals surface area contributed by atoms with E-state index < -0.39 is 35.7 Å². The zero-order valence-electron chi connectivity index (χ0n) is 16.7. The van der Waals surface area contributed by atoms with Crippen LogP contribution < -0.4 is 15.5 Å². The molecule has 2 aliphatic heterocycles. The number of hydrogen-bond donors (Lipinski definition) is 3. The van der Waals surface area contributed by atoms with Crippen LogP contribution in [0.15, 0.2) is 48.5 Å². The van der Waals surface area contributed by atoms with E-state index in [1.54, 1.807) is 0 Å². The van der Waals surface area contributed by atoms with Crippen molar-refractivity contribution >= 4 is 46.5 Å². The van der Waals surface area contributed by atoms with E-state index in [1.807, 2.05) is 0 Å². The van der Waals surface area contributed by atoms with Crippen LogP contribution >= 0.6 is 23.2 Å². The van der Waals surface area contributed by atoms with Crippen molar-refractivity contribution in [1.29, 1.82) is 0 Å². The first-order chi connectivity index (χ1) is 15.7. The lowest BCUT2D eigenvalue weighted by atomic mass is 9.96. The van der Waals surface area contributed by atoms with Crippen LogP contribution in [0.5, 0.6) is 0 Å². The number of hydrogen-bond acceptors (Lipinski definition) is 3. The van der Waals surface area contributed by atoms with Crippen molar-refractivity contribution in [3.63, 3.8) is 0 Å². The van der Waals surface area contributed by atoms with Gasteiger partial charge in [0.05, 0.1) is 30.1 Å². The molecule has 33 heavy (non-hydrogen) atoms. The Balaban J connectivity index is 1.55. The van der Waals surface area contributed by atoms with E-state index in [2.05, 4.69) is 10.6 Å². The van der Waals surface area contributed by atoms with Crippen LogP contribution in [-0.2, 0) is 0 Å². The average molecular weight is 490 g/mol. The summed E-state index contributed by atoms with van der Waals surface area (Å²) in [5, 5.41) is 16.2. The second kappa shape index (κ2) is 7.98. The maximum atomic E-state index is 13.9. The molecule has 3 aromatic rings. The molecule has 0 saturated heterocycles. The standard InChI is InChI=1S/C23H15Cl2F2N3O3/c24-10-5-15-20(21(29-22(15)32)13-7-11(26)1-3-16(13)25)17(6-10)28-23(33)30-9-19(31)14-8-12(27)2-4-18(14)30/h1-8,19,21,31H,9H2,(H,28,33)(H,29,32)/t19-,21+/m0/s1. The molecule has 10 heteroatoms. The van der Waals surface area contributed by atoms with Crippen LogP contribution in [0.2, 0.25) is 10.0 Å². The lowest BCUT2D eigenvalue weighted by Crippen LogP contribution is -2.34. The largest absolute Gasteiger partial charge is 0.386 e. The Morgan fingerprint density at radius 2 is 1.76 bits per heavy atom. The fraction of sp³-hybridized carbons (Fsp3) is 0.130. The number of amides is 3. The number of fused-ring (bicyclic) bond motifs is 2. The van der Waals surface area contributed by atoms with Crippen molar-refractivity contribution in [2.75, 3.05) is 16.8 Å². The molecule has 3 aromatic carbocycles. The van der Waals surface area contributed by atoms with Gasteiger partial charge in [-0.15, -0.1) is 0 Å². The molecule has 0 fully saturated rings. The Hall–Kier alpha value is -3.20. The Kier molecular flexibility index (Phi) is 5.23. The van der Waals surface area contributed by atoms with Gasteiger partial charge in [-0.05, 0) is 48.5 Å². The van der Waals surface area contributed by atoms with E-state index in [4.69, 9.17) is 23.2 Å². The minimum absolute atomic E-state index is 0.0797. The molecule has 0 radical (unpaired) electrons. The Morgan fingerprint density at radius 3 is 2.52 bits per heavy atom. The second-order valence-electron chi connectivity index (χ2n) is 7.75. The zero-order valence-corrected chi connectivity index (χ0v) is 18.2. The maximum absolute atomic E-state index is 13.9. The van der Waals surface area contributed by atoms with E-state index in [1.165, 1.54) is 53.4 Å². The average Bonchev–Trinajstić information content (AvgIpc) is 3.27. The first-order valence-corrected chi connectivity index (χ1v) is 10.6. The summed E-state index contributed by atoms with van der Waals surface area (Å²) < 4.78 is 27.5. The van der Waals surface area contributed by atoms with Gasteiger partial charge in [0.25, 0.3) is 5.91 Å². The van der Waals surface area contributed by atoms with Gasteiger partial charge < -0.3 is 15.7 Å². The number of rotatable bonds is 2. The third kappa shape index (κ3) is 3.70. The van der Waals surface area contributed by atoms with Gasteiger partial charge in [-0.2, -0.15) is 0 Å². The van der Waals surface area contributed by atoms with Crippen molar-refractivity contribution in [2.45, 2.75) is 12.1 Å². The Labute approximate surface area is 196 Å². The van der Waals surface area contributed by atoms with Gasteiger partial charge in [0.2, 0.25) is 0 Å². The molecule has 0 unspecified atom stereocenters. The molecular formula is C23H15Cl2F2N3O3. The van der Waals surface area contributed by atoms with Gasteiger partial charge >= 0.3 is 6.03 Å². The summed E-state index contributed by atoms with van der Waals surface area (Å²) in [6.45, 7) is -0.0797. The highest BCUT2D eigenvalue weighted by molar-refractivity contribution is 6.32. The first kappa shape index (κ1) is 21.6. The molecule has 3 N–H and O–H groups in total. The summed E-state index contributed by atoms with van der Waals surface area (Å²) in [5.74, 6) is -1.51. The van der Waals surface area contributed by atoms with Crippen molar-refractivity contribution in [1.82, 2.24) is 5.32 Å². The smallest absolute Gasteiger partial charge is 0.326 e. The second-order valence-corrected chi connectivity index (χ2v) is 8.59. The number of aliphatic hydroxyl groups is 1. The molecule has 5 rings (SSSR count). The number of nitrogens with one attached hydrogen (secondary N) is 2. The normalized spacial score (nSPS) is 18.7. The highest BCUT2D eigenvalue weighted by Gasteiger charge is 2.36. The van der Waals surface area contributed by atoms with E-state index in [9.17, 15) is 23.5 Å². The first-order valence-electron chi connectivity index (χ1n) is 9.88. The topological polar surface area (TPSA) is 81.7 Å². The summed E-state index contributed by atoms with van der Waals surface area (Å²) in [4.78, 5) is 27.0. The number of anilines is 2. The molecule has 0 spiro atoms. The number of urea groups is 1. The number of β-amino-alcohol motifs (C(OH)–C–C–N with tert-alkyl or cyclic N) is 1. The van der Waals surface area contributed by atoms with E-state index in [-0.39, 0.29) is 27.8 Å². The lowest BCUT2D eigenvalue weighted by molar-refractivity contribution is 0.0960. The number of carbonyl (C=O) groups excluding carboxylic acids is 2. The molecular weight excluding hydrogens is 475 g/mol. The summed E-state index contributed by atoms with van der Waals surface area (Å²) in [6, 6.07) is 9.05. The van der Waals surface area contributed by atoms with E-state index in [0.29, 0.717) is 22.4 Å². The van der Waals surface area contributed by atoms with Gasteiger partial charge in [0.1, 0.15) is 11.6 Å². The lowest BCUT2D eigenvalue weighted by Gasteiger charge is -2.21. The molecule has 2 heterocycles. The van der Waals surface area contributed by atoms with Gasteiger partial charge in [0.15, 0.2) is 0 Å². The van der Waals surface area contributed by atoms with Crippen molar-refractivity contribution < 1.29 is 23.5 Å². The van der Waals surface area contributed by atoms with Gasteiger partial charge in [-0.3, -0.25) is 9.69 Å². The summed E-state index contributed by atoms with van der Waals surface area (Å²) >= 11 is 12.5. The zero-order chi connectivity index (χ0) is 23.4. The molecule has 168 valence electrons. The molecule has 0 aliphatic carbocycles. The fourth-order valence-electron chi connectivity index (χ4n) is 4.25. The minimum Gasteiger partial charge on any atom is -0.386 e. The predicted molar refractivity (Wildman–Crippen MR) is 120 cm³/mol. The van der Waals surface area contributed by atoms with Crippen molar-refractivity contribution in [3.05, 3.63) is 92.5 Å². The van der Waals surface area contributed by atoms with Crippen molar-refractivity contribution in [3.8, 4) is 0 Å². The van der Waals surface area contributed by atoms with Crippen LogP contribution in [0.4, 0.5) is 25.0 Å². The quantitative estimate of drug-likeness (QED) is 0.463. The third-order valence-electron chi connectivity index (χ3n) is 5.70. The highest BCUT2D eigenvalue weighted by atomic mass is 35.5. The third-order valence-corrected chi connectivity index (χ3v) is 6.27. The van der Waals surface area contributed by atoms with Gasteiger partial charge in [0, 0.05) is 32.3 Å². The number of aliphatic hydroxyl groups excluding tert-OH is 1. The molecule has 3 amide bonds. The molecule has 2 atom stereocenters. The minimum atomic E-state index is -1.05. The fourth-order valence-corrected chi connectivity index (χ4v) is 4.70. The summed E-state index contributed by atoms with van der Waals surface area (Å²) in [6.07, 6.45) is -1.05. The SMILES string of the molecule is O=C1N[C@H](c2cc(F)ccc2Cl)c2c(NC(=O)N3C[C@H](O)c4cc(F)ccc43)cc(Cl)cc21. The summed E-state index contributed by atoms with van der Waals surface area (Å²) in [7, 11) is 0. The van der Waals surface area contributed by atoms with Gasteiger partial charge in [-0.1, -0.05) is 23.2 Å². The number of nitrogens with zero attached hydrogens (tertiary/aromatic N) is 1. The van der Waals surface area contributed by atoms with Crippen LogP contribution in [-0.4, -0.2) is 23.6 Å². The van der Waals surface area contributed by atoms with Crippen LogP contribution in [0.1, 0.15) is 39.2 Å². The molecule has 0 bridgehead atoms. The van der Waals surface area contributed by atoms with Crippen LogP contribution in [0.25, 0.3) is 0 Å². The Bertz CT molecular complexity index is 1330. The summed E-state index contributed by atoms with van der Waals surface area (Å²) in [5.41, 5.74) is 1.79. The predicted octanol–water partition coefficient (Wildman–Crippen LogP) is 5.19. The number of benzene rings is 3.